The highest BCUT2D eigenvalue weighted by molar-refractivity contribution is 6.22. The van der Waals surface area contributed by atoms with Crippen LogP contribution in [0.1, 0.15) is 36.6 Å². The van der Waals surface area contributed by atoms with E-state index in [9.17, 15) is 14.4 Å². The molecule has 0 atom stereocenters. The number of benzene rings is 2. The Bertz CT molecular complexity index is 929. The zero-order valence-electron chi connectivity index (χ0n) is 16.5. The molecule has 0 aromatic heterocycles. The second-order valence-electron chi connectivity index (χ2n) is 7.15. The van der Waals surface area contributed by atoms with Crippen LogP contribution in [0.4, 0.5) is 0 Å². The third-order valence-electron chi connectivity index (χ3n) is 5.23. The molecule has 1 fully saturated rings. The molecule has 0 unspecified atom stereocenters. The number of nitrogens with zero attached hydrogens (tertiary/aromatic N) is 2. The van der Waals surface area contributed by atoms with Gasteiger partial charge in [-0.25, -0.2) is 0 Å². The Labute approximate surface area is 181 Å². The number of carbonyl (C=O) groups is 3. The van der Waals surface area contributed by atoms with E-state index >= 15 is 0 Å². The topological polar surface area (TPSA) is 79.0 Å². The first-order valence-electron chi connectivity index (χ1n) is 9.76. The van der Waals surface area contributed by atoms with E-state index in [-0.39, 0.29) is 42.2 Å². The van der Waals surface area contributed by atoms with Crippen LogP contribution in [0.5, 0.6) is 0 Å². The summed E-state index contributed by atoms with van der Waals surface area (Å²) in [6.07, 6.45) is 0. The summed E-state index contributed by atoms with van der Waals surface area (Å²) in [5, 5.41) is 2.88. The summed E-state index contributed by atoms with van der Waals surface area (Å²) in [4.78, 5) is 41.3. The first-order valence-corrected chi connectivity index (χ1v) is 9.76. The lowest BCUT2D eigenvalue weighted by Gasteiger charge is -2.26. The van der Waals surface area contributed by atoms with Gasteiger partial charge in [0.05, 0.1) is 30.9 Å². The van der Waals surface area contributed by atoms with Crippen molar-refractivity contribution in [2.24, 2.45) is 0 Å². The van der Waals surface area contributed by atoms with Crippen LogP contribution in [0.15, 0.2) is 48.5 Å². The lowest BCUT2D eigenvalue weighted by Crippen LogP contribution is -2.41. The Balaban J connectivity index is 0.00000256. The molecule has 1 saturated heterocycles. The van der Waals surface area contributed by atoms with Crippen molar-refractivity contribution in [1.29, 1.82) is 0 Å². The largest absolute Gasteiger partial charge is 0.379 e. The second kappa shape index (κ2) is 9.84. The predicted octanol–water partition coefficient (Wildman–Crippen LogP) is 1.97. The van der Waals surface area contributed by atoms with E-state index in [1.807, 2.05) is 30.3 Å². The minimum absolute atomic E-state index is 0. The van der Waals surface area contributed by atoms with Gasteiger partial charge in [0.25, 0.3) is 17.7 Å². The lowest BCUT2D eigenvalue weighted by atomic mass is 10.1. The maximum Gasteiger partial charge on any atom is 0.261 e. The van der Waals surface area contributed by atoms with Crippen molar-refractivity contribution in [2.45, 2.75) is 6.54 Å². The Hall–Kier alpha value is -2.74. The molecule has 1 N–H and O–H groups in total. The van der Waals surface area contributed by atoms with E-state index in [0.29, 0.717) is 30.9 Å². The quantitative estimate of drug-likeness (QED) is 0.710. The van der Waals surface area contributed by atoms with Crippen LogP contribution >= 0.6 is 12.4 Å². The molecule has 2 aliphatic rings. The number of nitrogens with one attached hydrogen (secondary N) is 1. The van der Waals surface area contributed by atoms with Gasteiger partial charge >= 0.3 is 0 Å². The number of morpholine rings is 1. The molecule has 2 aromatic rings. The first-order chi connectivity index (χ1) is 14.1. The molecule has 8 heteroatoms. The maximum atomic E-state index is 12.8. The van der Waals surface area contributed by atoms with Crippen LogP contribution in [0.3, 0.4) is 0 Å². The van der Waals surface area contributed by atoms with E-state index in [1.54, 1.807) is 12.1 Å². The Morgan fingerprint density at radius 3 is 2.40 bits per heavy atom. The fourth-order valence-corrected chi connectivity index (χ4v) is 3.60. The molecule has 0 spiro atoms. The van der Waals surface area contributed by atoms with Crippen LogP contribution in [0.2, 0.25) is 0 Å². The molecule has 2 aromatic carbocycles. The number of imide groups is 1. The van der Waals surface area contributed by atoms with Gasteiger partial charge in [0.1, 0.15) is 0 Å². The zero-order chi connectivity index (χ0) is 20.2. The van der Waals surface area contributed by atoms with Gasteiger partial charge in [-0.1, -0.05) is 30.3 Å². The van der Waals surface area contributed by atoms with Gasteiger partial charge in [-0.3, -0.25) is 24.2 Å². The fourth-order valence-electron chi connectivity index (χ4n) is 3.60. The van der Waals surface area contributed by atoms with Crippen molar-refractivity contribution < 1.29 is 19.1 Å². The highest BCUT2D eigenvalue weighted by Crippen LogP contribution is 2.25. The van der Waals surface area contributed by atoms with Crippen LogP contribution in [-0.4, -0.2) is 66.9 Å². The number of hydrogen-bond acceptors (Lipinski definition) is 5. The number of carbonyl (C=O) groups excluding carboxylic acids is 3. The van der Waals surface area contributed by atoms with Crippen LogP contribution in [0.25, 0.3) is 0 Å². The third-order valence-corrected chi connectivity index (χ3v) is 5.23. The van der Waals surface area contributed by atoms with Crippen molar-refractivity contribution in [1.82, 2.24) is 15.1 Å². The molecule has 3 amide bonds. The van der Waals surface area contributed by atoms with Crippen LogP contribution < -0.4 is 5.32 Å². The summed E-state index contributed by atoms with van der Waals surface area (Å²) in [5.41, 5.74) is 1.89. The number of halogens is 1. The Morgan fingerprint density at radius 2 is 1.67 bits per heavy atom. The zero-order valence-corrected chi connectivity index (χ0v) is 17.3. The van der Waals surface area contributed by atoms with E-state index in [4.69, 9.17) is 4.74 Å². The van der Waals surface area contributed by atoms with E-state index < -0.39 is 0 Å². The van der Waals surface area contributed by atoms with E-state index in [2.05, 4.69) is 10.2 Å². The highest BCUT2D eigenvalue weighted by Gasteiger charge is 2.35. The second-order valence-corrected chi connectivity index (χ2v) is 7.15. The molecule has 2 aliphatic heterocycles. The predicted molar refractivity (Wildman–Crippen MR) is 114 cm³/mol. The SMILES string of the molecule is Cl.O=C(NCCN1CCOCC1)c1ccc2c(c1)C(=O)N(Cc1ccccc1)C2=O. The average Bonchev–Trinajstić information content (AvgIpc) is 2.99. The smallest absolute Gasteiger partial charge is 0.261 e. The summed E-state index contributed by atoms with van der Waals surface area (Å²) in [6, 6.07) is 14.0. The van der Waals surface area contributed by atoms with Gasteiger partial charge in [0.2, 0.25) is 0 Å². The minimum atomic E-state index is -0.364. The summed E-state index contributed by atoms with van der Waals surface area (Å²) in [7, 11) is 0. The molecule has 2 heterocycles. The maximum absolute atomic E-state index is 12.8. The number of rotatable bonds is 6. The molecule has 0 radical (unpaired) electrons. The molecule has 0 bridgehead atoms. The number of fused-ring (bicyclic) bond motifs is 1. The standard InChI is InChI=1S/C22H23N3O4.ClH/c26-20(23-8-9-24-10-12-29-13-11-24)17-6-7-18-19(14-17)22(28)25(21(18)27)15-16-4-2-1-3-5-16;/h1-7,14H,8-13,15H2,(H,23,26);1H. The molecule has 30 heavy (non-hydrogen) atoms. The summed E-state index contributed by atoms with van der Waals surface area (Å²) in [5.74, 6) is -0.937. The van der Waals surface area contributed by atoms with Gasteiger partial charge in [-0.2, -0.15) is 0 Å². The van der Waals surface area contributed by atoms with Gasteiger partial charge in [-0.15, -0.1) is 12.4 Å². The molecule has 158 valence electrons. The van der Waals surface area contributed by atoms with Gasteiger partial charge in [0, 0.05) is 31.7 Å². The monoisotopic (exact) mass is 429 g/mol. The first kappa shape index (κ1) is 22.0. The highest BCUT2D eigenvalue weighted by atomic mass is 35.5. The normalized spacial score (nSPS) is 16.2. The average molecular weight is 430 g/mol. The molecular formula is C22H24ClN3O4. The summed E-state index contributed by atoms with van der Waals surface area (Å²) >= 11 is 0. The molecule has 0 aliphatic carbocycles. The number of ether oxygens (including phenoxy) is 1. The van der Waals surface area contributed by atoms with Crippen molar-refractivity contribution >= 4 is 30.1 Å². The van der Waals surface area contributed by atoms with Gasteiger partial charge in [0.15, 0.2) is 0 Å². The molecule has 7 nitrogen and oxygen atoms in total. The van der Waals surface area contributed by atoms with E-state index in [1.165, 1.54) is 11.0 Å². The van der Waals surface area contributed by atoms with Crippen molar-refractivity contribution in [3.63, 3.8) is 0 Å². The van der Waals surface area contributed by atoms with Gasteiger partial charge < -0.3 is 10.1 Å². The Morgan fingerprint density at radius 1 is 0.967 bits per heavy atom. The van der Waals surface area contributed by atoms with Crippen molar-refractivity contribution in [2.75, 3.05) is 39.4 Å². The minimum Gasteiger partial charge on any atom is -0.379 e. The number of amides is 3. The van der Waals surface area contributed by atoms with Crippen LogP contribution in [0, 0.1) is 0 Å². The molecule has 4 rings (SSSR count). The summed E-state index contributed by atoms with van der Waals surface area (Å²) < 4.78 is 5.31. The molecular weight excluding hydrogens is 406 g/mol. The number of hydrogen-bond donors (Lipinski definition) is 1. The van der Waals surface area contributed by atoms with Crippen molar-refractivity contribution in [3.05, 3.63) is 70.8 Å². The van der Waals surface area contributed by atoms with Gasteiger partial charge in [-0.05, 0) is 23.8 Å². The van der Waals surface area contributed by atoms with Crippen LogP contribution in [-0.2, 0) is 11.3 Å². The third kappa shape index (κ3) is 4.70. The van der Waals surface area contributed by atoms with Crippen molar-refractivity contribution in [3.8, 4) is 0 Å². The summed E-state index contributed by atoms with van der Waals surface area (Å²) in [6.45, 7) is 4.65. The Kier molecular flexibility index (Phi) is 7.20. The van der Waals surface area contributed by atoms with E-state index in [0.717, 1.165) is 25.2 Å². The fraction of sp³-hybridized carbons (Fsp3) is 0.318. The molecule has 0 saturated carbocycles. The lowest BCUT2D eigenvalue weighted by molar-refractivity contribution is 0.0383.